The SMILES string of the molecule is CC(C)(C)[Si](C)(C)OC1CCN(c2ccc(NCCCCCNS(=O)(=O)C(C)(C)C)cc2)C1. The van der Waals surface area contributed by atoms with E-state index in [2.05, 4.69) is 73.1 Å². The number of benzene rings is 1. The smallest absolute Gasteiger partial charge is 0.216 e. The molecule has 1 aliphatic heterocycles. The van der Waals surface area contributed by atoms with Gasteiger partial charge in [0.1, 0.15) is 0 Å². The molecular weight excluding hydrogens is 450 g/mol. The lowest BCUT2D eigenvalue weighted by atomic mass is 10.2. The summed E-state index contributed by atoms with van der Waals surface area (Å²) in [6, 6.07) is 8.68. The van der Waals surface area contributed by atoms with Gasteiger partial charge in [0, 0.05) is 37.6 Å². The fourth-order valence-electron chi connectivity index (χ4n) is 3.52. The van der Waals surface area contributed by atoms with Gasteiger partial charge in [0.05, 0.1) is 10.9 Å². The molecule has 0 aliphatic carbocycles. The number of hydrogen-bond donors (Lipinski definition) is 2. The molecule has 0 radical (unpaired) electrons. The van der Waals surface area contributed by atoms with Gasteiger partial charge in [-0.05, 0) is 82.4 Å². The molecule has 0 amide bonds. The molecule has 1 unspecified atom stereocenters. The largest absolute Gasteiger partial charge is 0.412 e. The van der Waals surface area contributed by atoms with Crippen molar-refractivity contribution in [3.05, 3.63) is 24.3 Å². The fraction of sp³-hybridized carbons (Fsp3) is 0.760. The highest BCUT2D eigenvalue weighted by molar-refractivity contribution is 7.90. The quantitative estimate of drug-likeness (QED) is 0.308. The van der Waals surface area contributed by atoms with Crippen molar-refractivity contribution in [1.29, 1.82) is 0 Å². The minimum atomic E-state index is -3.24. The molecular formula is C25H47N3O3SSi. The van der Waals surface area contributed by atoms with Crippen molar-refractivity contribution in [2.24, 2.45) is 0 Å². The molecule has 1 fully saturated rings. The highest BCUT2D eigenvalue weighted by Gasteiger charge is 2.40. The summed E-state index contributed by atoms with van der Waals surface area (Å²) >= 11 is 0. The van der Waals surface area contributed by atoms with Gasteiger partial charge in [-0.1, -0.05) is 27.2 Å². The van der Waals surface area contributed by atoms with Crippen LogP contribution in [0.1, 0.15) is 67.2 Å². The first-order valence-corrected chi connectivity index (χ1v) is 16.8. The van der Waals surface area contributed by atoms with Crippen LogP contribution in [0.3, 0.4) is 0 Å². The van der Waals surface area contributed by atoms with Crippen molar-refractivity contribution in [1.82, 2.24) is 4.72 Å². The molecule has 1 atom stereocenters. The Bertz CT molecular complexity index is 843. The van der Waals surface area contributed by atoms with Crippen LogP contribution in [0.4, 0.5) is 11.4 Å². The second-order valence-corrected chi connectivity index (χ2v) is 19.1. The summed E-state index contributed by atoms with van der Waals surface area (Å²) in [5.74, 6) is 0. The minimum absolute atomic E-state index is 0.244. The van der Waals surface area contributed by atoms with Gasteiger partial charge in [0.2, 0.25) is 10.0 Å². The first-order valence-electron chi connectivity index (χ1n) is 12.4. The number of hydrogen-bond acceptors (Lipinski definition) is 5. The Kier molecular flexibility index (Phi) is 9.47. The van der Waals surface area contributed by atoms with Crippen LogP contribution in [-0.2, 0) is 14.4 Å². The first-order chi connectivity index (χ1) is 15.1. The molecule has 6 nitrogen and oxygen atoms in total. The lowest BCUT2D eigenvalue weighted by Gasteiger charge is -2.38. The lowest BCUT2D eigenvalue weighted by molar-refractivity contribution is 0.202. The molecule has 0 saturated carbocycles. The van der Waals surface area contributed by atoms with Gasteiger partial charge in [-0.25, -0.2) is 13.1 Å². The predicted molar refractivity (Wildman–Crippen MR) is 144 cm³/mol. The van der Waals surface area contributed by atoms with Crippen molar-refractivity contribution in [2.75, 3.05) is 36.4 Å². The van der Waals surface area contributed by atoms with Crippen molar-refractivity contribution in [2.45, 2.75) is 96.2 Å². The predicted octanol–water partition coefficient (Wildman–Crippen LogP) is 5.59. The molecule has 1 saturated heterocycles. The van der Waals surface area contributed by atoms with Crippen LogP contribution >= 0.6 is 0 Å². The van der Waals surface area contributed by atoms with Gasteiger partial charge in [-0.15, -0.1) is 0 Å². The molecule has 1 aliphatic rings. The molecule has 0 aromatic heterocycles. The molecule has 2 N–H and O–H groups in total. The number of nitrogens with zero attached hydrogens (tertiary/aromatic N) is 1. The van der Waals surface area contributed by atoms with E-state index >= 15 is 0 Å². The van der Waals surface area contributed by atoms with Crippen molar-refractivity contribution >= 4 is 29.7 Å². The normalized spacial score (nSPS) is 18.1. The van der Waals surface area contributed by atoms with E-state index in [9.17, 15) is 8.42 Å². The van der Waals surface area contributed by atoms with Crippen molar-refractivity contribution in [3.8, 4) is 0 Å². The van der Waals surface area contributed by atoms with E-state index < -0.39 is 23.1 Å². The maximum Gasteiger partial charge on any atom is 0.216 e. The zero-order valence-corrected chi connectivity index (χ0v) is 23.9. The van der Waals surface area contributed by atoms with Gasteiger partial charge in [0.15, 0.2) is 8.32 Å². The summed E-state index contributed by atoms with van der Waals surface area (Å²) < 4.78 is 32.6. The van der Waals surface area contributed by atoms with Gasteiger partial charge in [0.25, 0.3) is 0 Å². The third kappa shape index (κ3) is 8.26. The van der Waals surface area contributed by atoms with E-state index in [0.717, 1.165) is 51.0 Å². The second-order valence-electron chi connectivity index (χ2n) is 11.8. The van der Waals surface area contributed by atoms with Crippen LogP contribution in [0.25, 0.3) is 0 Å². The number of nitrogens with one attached hydrogen (secondary N) is 2. The Morgan fingerprint density at radius 2 is 1.61 bits per heavy atom. The van der Waals surface area contributed by atoms with Crippen molar-refractivity contribution < 1.29 is 12.8 Å². The Balaban J connectivity index is 1.68. The van der Waals surface area contributed by atoms with Crippen molar-refractivity contribution in [3.63, 3.8) is 0 Å². The highest BCUT2D eigenvalue weighted by Crippen LogP contribution is 2.38. The monoisotopic (exact) mass is 497 g/mol. The second kappa shape index (κ2) is 11.1. The van der Waals surface area contributed by atoms with Gasteiger partial charge in [-0.3, -0.25) is 0 Å². The molecule has 0 bridgehead atoms. The fourth-order valence-corrected chi connectivity index (χ4v) is 5.75. The summed E-state index contributed by atoms with van der Waals surface area (Å²) in [4.78, 5) is 2.43. The minimum Gasteiger partial charge on any atom is -0.412 e. The van der Waals surface area contributed by atoms with Crippen LogP contribution < -0.4 is 14.9 Å². The summed E-state index contributed by atoms with van der Waals surface area (Å²) in [5, 5.41) is 3.72. The standard InChI is InChI=1S/C25H47N3O3SSi/c1-24(2,3)32(29,30)27-18-11-9-10-17-26-21-12-14-22(15-13-21)28-19-16-23(20-28)31-33(7,8)25(4,5)6/h12-15,23,26-27H,9-11,16-20H2,1-8H3. The average molecular weight is 498 g/mol. The van der Waals surface area contributed by atoms with Crippen LogP contribution in [0.2, 0.25) is 18.1 Å². The maximum absolute atomic E-state index is 12.0. The van der Waals surface area contributed by atoms with Gasteiger partial charge in [-0.2, -0.15) is 0 Å². The Morgan fingerprint density at radius 1 is 1.00 bits per heavy atom. The zero-order valence-electron chi connectivity index (χ0n) is 22.1. The summed E-state index contributed by atoms with van der Waals surface area (Å²) in [5.41, 5.74) is 2.38. The third-order valence-corrected chi connectivity index (χ3v) is 13.7. The number of anilines is 2. The van der Waals surface area contributed by atoms with E-state index in [-0.39, 0.29) is 5.04 Å². The Morgan fingerprint density at radius 3 is 2.18 bits per heavy atom. The van der Waals surface area contributed by atoms with Gasteiger partial charge >= 0.3 is 0 Å². The van der Waals surface area contributed by atoms with Gasteiger partial charge < -0.3 is 14.6 Å². The van der Waals surface area contributed by atoms with E-state index in [1.54, 1.807) is 20.8 Å². The molecule has 8 heteroatoms. The van der Waals surface area contributed by atoms with E-state index in [1.807, 2.05) is 0 Å². The van der Waals surface area contributed by atoms with Crippen LogP contribution in [0.15, 0.2) is 24.3 Å². The zero-order chi connectivity index (χ0) is 24.9. The van der Waals surface area contributed by atoms with Crippen LogP contribution in [0, 0.1) is 0 Å². The Labute approximate surface area is 204 Å². The number of rotatable bonds is 11. The topological polar surface area (TPSA) is 70.7 Å². The lowest BCUT2D eigenvalue weighted by Crippen LogP contribution is -2.44. The van der Waals surface area contributed by atoms with E-state index in [1.165, 1.54) is 5.69 Å². The molecule has 2 rings (SSSR count). The maximum atomic E-state index is 12.0. The molecule has 1 aromatic carbocycles. The highest BCUT2D eigenvalue weighted by atomic mass is 32.2. The summed E-state index contributed by atoms with van der Waals surface area (Å²) in [6.45, 7) is 20.1. The molecule has 0 spiro atoms. The molecule has 33 heavy (non-hydrogen) atoms. The van der Waals surface area contributed by atoms with E-state index in [0.29, 0.717) is 12.6 Å². The van der Waals surface area contributed by atoms with Crippen LogP contribution in [0.5, 0.6) is 0 Å². The third-order valence-electron chi connectivity index (χ3n) is 6.93. The van der Waals surface area contributed by atoms with E-state index in [4.69, 9.17) is 4.43 Å². The number of unbranched alkanes of at least 4 members (excludes halogenated alkanes) is 2. The van der Waals surface area contributed by atoms with Crippen LogP contribution in [-0.4, -0.2) is 53.8 Å². The molecule has 190 valence electrons. The first kappa shape index (κ1) is 28.1. The summed E-state index contributed by atoms with van der Waals surface area (Å²) in [7, 11) is -4.96. The number of sulfonamides is 1. The Hall–Kier alpha value is -1.09. The molecule has 1 aromatic rings. The average Bonchev–Trinajstić information content (AvgIpc) is 3.13. The molecule has 1 heterocycles. The summed E-state index contributed by atoms with van der Waals surface area (Å²) in [6.07, 6.45) is 4.27.